The van der Waals surface area contributed by atoms with Crippen LogP contribution in [0.1, 0.15) is 11.1 Å². The molecule has 1 N–H and O–H groups in total. The largest absolute Gasteiger partial charge is 0.332 e. The van der Waals surface area contributed by atoms with E-state index in [-0.39, 0.29) is 0 Å². The van der Waals surface area contributed by atoms with E-state index in [1.807, 2.05) is 13.1 Å². The van der Waals surface area contributed by atoms with Gasteiger partial charge in [0.05, 0.1) is 0 Å². The van der Waals surface area contributed by atoms with Crippen LogP contribution in [0.2, 0.25) is 0 Å². The van der Waals surface area contributed by atoms with Crippen molar-refractivity contribution in [2.24, 2.45) is 0 Å². The molecule has 2 aromatic rings. The second-order valence-corrected chi connectivity index (χ2v) is 4.86. The topological polar surface area (TPSA) is 41.0 Å². The maximum Gasteiger partial charge on any atom is 0.225 e. The molecule has 4 heteroatoms. The number of anilines is 1. The van der Waals surface area contributed by atoms with Gasteiger partial charge in [0.25, 0.3) is 0 Å². The molecule has 0 bridgehead atoms. The molecular weight excluding hydrogens is 236 g/mol. The van der Waals surface area contributed by atoms with Gasteiger partial charge >= 0.3 is 0 Å². The van der Waals surface area contributed by atoms with Gasteiger partial charge in [-0.25, -0.2) is 9.97 Å². The van der Waals surface area contributed by atoms with E-state index in [1.165, 1.54) is 11.1 Å². The first-order chi connectivity index (χ1) is 9.38. The number of nitrogens with one attached hydrogen (secondary N) is 1. The molecule has 0 fully saturated rings. The Bertz CT molecular complexity index is 541. The van der Waals surface area contributed by atoms with Crippen molar-refractivity contribution in [1.82, 2.24) is 15.3 Å². The first-order valence-corrected chi connectivity index (χ1v) is 6.63. The van der Waals surface area contributed by atoms with Crippen molar-refractivity contribution in [2.75, 3.05) is 18.5 Å². The lowest BCUT2D eigenvalue weighted by atomic mass is 9.94. The highest BCUT2D eigenvalue weighted by atomic mass is 15.3. The van der Waals surface area contributed by atoms with Crippen LogP contribution in [0.3, 0.4) is 0 Å². The highest BCUT2D eigenvalue weighted by Crippen LogP contribution is 2.25. The van der Waals surface area contributed by atoms with E-state index in [0.29, 0.717) is 6.04 Å². The Hall–Kier alpha value is -1.94. The van der Waals surface area contributed by atoms with E-state index in [2.05, 4.69) is 44.5 Å². The van der Waals surface area contributed by atoms with Crippen LogP contribution in [0.5, 0.6) is 0 Å². The zero-order valence-corrected chi connectivity index (χ0v) is 11.1. The average Bonchev–Trinajstić information content (AvgIpc) is 2.48. The lowest BCUT2D eigenvalue weighted by Gasteiger charge is -2.36. The summed E-state index contributed by atoms with van der Waals surface area (Å²) in [5.74, 6) is 0.817. The fourth-order valence-electron chi connectivity index (χ4n) is 2.68. The summed E-state index contributed by atoms with van der Waals surface area (Å²) in [6.07, 6.45) is 4.65. The molecule has 2 heterocycles. The van der Waals surface area contributed by atoms with Crippen molar-refractivity contribution in [3.63, 3.8) is 0 Å². The summed E-state index contributed by atoms with van der Waals surface area (Å²) in [5.41, 5.74) is 2.82. The number of aromatic nitrogens is 2. The monoisotopic (exact) mass is 254 g/mol. The molecule has 98 valence electrons. The van der Waals surface area contributed by atoms with Crippen molar-refractivity contribution in [2.45, 2.75) is 19.0 Å². The maximum atomic E-state index is 4.39. The third kappa shape index (κ3) is 2.44. The summed E-state index contributed by atoms with van der Waals surface area (Å²) < 4.78 is 0. The van der Waals surface area contributed by atoms with Crippen molar-refractivity contribution < 1.29 is 0 Å². The molecule has 1 aliphatic rings. The fraction of sp³-hybridized carbons (Fsp3) is 0.333. The number of benzene rings is 1. The van der Waals surface area contributed by atoms with Crippen LogP contribution in [0.25, 0.3) is 0 Å². The van der Waals surface area contributed by atoms with Crippen LogP contribution in [-0.2, 0) is 13.0 Å². The molecule has 1 aromatic carbocycles. The van der Waals surface area contributed by atoms with Gasteiger partial charge in [0.15, 0.2) is 0 Å². The first-order valence-electron chi connectivity index (χ1n) is 6.63. The highest BCUT2D eigenvalue weighted by Gasteiger charge is 2.26. The van der Waals surface area contributed by atoms with E-state index < -0.39 is 0 Å². The Kier molecular flexibility index (Phi) is 3.42. The summed E-state index contributed by atoms with van der Waals surface area (Å²) in [6.45, 7) is 1.82. The number of likely N-dealkylation sites (N-methyl/N-ethyl adjacent to an activating group) is 1. The molecule has 19 heavy (non-hydrogen) atoms. The van der Waals surface area contributed by atoms with E-state index >= 15 is 0 Å². The Morgan fingerprint density at radius 2 is 1.89 bits per heavy atom. The van der Waals surface area contributed by atoms with Crippen LogP contribution in [0, 0.1) is 0 Å². The molecule has 0 saturated carbocycles. The summed E-state index contributed by atoms with van der Waals surface area (Å²) in [4.78, 5) is 11.1. The van der Waals surface area contributed by atoms with E-state index in [0.717, 1.165) is 25.5 Å². The number of fused-ring (bicyclic) bond motifs is 1. The molecule has 4 nitrogen and oxygen atoms in total. The molecule has 1 aromatic heterocycles. The fourth-order valence-corrected chi connectivity index (χ4v) is 2.68. The SMILES string of the molecule is CNCC1Cc2ccccc2CN1c1ncccn1. The molecule has 0 spiro atoms. The van der Waals surface area contributed by atoms with Crippen molar-refractivity contribution in [3.05, 3.63) is 53.9 Å². The molecule has 0 amide bonds. The van der Waals surface area contributed by atoms with Gasteiger partial charge in [-0.3, -0.25) is 0 Å². The maximum absolute atomic E-state index is 4.39. The van der Waals surface area contributed by atoms with Crippen molar-refractivity contribution in [1.29, 1.82) is 0 Å². The Morgan fingerprint density at radius 3 is 2.63 bits per heavy atom. The minimum absolute atomic E-state index is 0.405. The zero-order valence-electron chi connectivity index (χ0n) is 11.1. The lowest BCUT2D eigenvalue weighted by molar-refractivity contribution is 0.518. The number of hydrogen-bond acceptors (Lipinski definition) is 4. The van der Waals surface area contributed by atoms with Crippen molar-refractivity contribution >= 4 is 5.95 Å². The molecule has 0 radical (unpaired) electrons. The Labute approximate surface area is 113 Å². The standard InChI is InChI=1S/C15H18N4/c1-16-10-14-9-12-5-2-3-6-13(12)11-19(14)15-17-7-4-8-18-15/h2-8,14,16H,9-11H2,1H3. The molecule has 1 aliphatic heterocycles. The van der Waals surface area contributed by atoms with Crippen LogP contribution in [-0.4, -0.2) is 29.6 Å². The quantitative estimate of drug-likeness (QED) is 0.904. The molecule has 1 unspecified atom stereocenters. The Morgan fingerprint density at radius 1 is 1.16 bits per heavy atom. The molecular formula is C15H18N4. The van der Waals surface area contributed by atoms with E-state index in [4.69, 9.17) is 0 Å². The summed E-state index contributed by atoms with van der Waals surface area (Å²) in [5, 5.41) is 3.27. The minimum atomic E-state index is 0.405. The van der Waals surface area contributed by atoms with Gasteiger partial charge in [0.2, 0.25) is 5.95 Å². The lowest BCUT2D eigenvalue weighted by Crippen LogP contribution is -2.46. The van der Waals surface area contributed by atoms with Gasteiger partial charge in [-0.1, -0.05) is 24.3 Å². The van der Waals surface area contributed by atoms with Crippen LogP contribution < -0.4 is 10.2 Å². The Balaban J connectivity index is 1.94. The zero-order chi connectivity index (χ0) is 13.1. The number of rotatable bonds is 3. The predicted octanol–water partition coefficient (Wildman–Crippen LogP) is 1.63. The summed E-state index contributed by atoms with van der Waals surface area (Å²) in [7, 11) is 1.99. The predicted molar refractivity (Wildman–Crippen MR) is 76.1 cm³/mol. The minimum Gasteiger partial charge on any atom is -0.332 e. The van der Waals surface area contributed by atoms with Crippen LogP contribution >= 0.6 is 0 Å². The summed E-state index contributed by atoms with van der Waals surface area (Å²) >= 11 is 0. The number of hydrogen-bond donors (Lipinski definition) is 1. The highest BCUT2D eigenvalue weighted by molar-refractivity contribution is 5.41. The van der Waals surface area contributed by atoms with Gasteiger partial charge in [-0.2, -0.15) is 0 Å². The third-order valence-corrected chi connectivity index (χ3v) is 3.60. The summed E-state index contributed by atoms with van der Waals surface area (Å²) in [6, 6.07) is 10.9. The molecule has 1 atom stereocenters. The smallest absolute Gasteiger partial charge is 0.225 e. The second-order valence-electron chi connectivity index (χ2n) is 4.86. The molecule has 3 rings (SSSR count). The molecule has 0 aliphatic carbocycles. The molecule has 0 saturated heterocycles. The van der Waals surface area contributed by atoms with Crippen LogP contribution in [0.4, 0.5) is 5.95 Å². The third-order valence-electron chi connectivity index (χ3n) is 3.60. The second kappa shape index (κ2) is 5.36. The van der Waals surface area contributed by atoms with E-state index in [1.54, 1.807) is 12.4 Å². The van der Waals surface area contributed by atoms with Gasteiger partial charge in [-0.05, 0) is 30.7 Å². The van der Waals surface area contributed by atoms with Gasteiger partial charge in [-0.15, -0.1) is 0 Å². The average molecular weight is 254 g/mol. The van der Waals surface area contributed by atoms with Gasteiger partial charge in [0, 0.05) is 31.5 Å². The van der Waals surface area contributed by atoms with Gasteiger partial charge in [0.1, 0.15) is 0 Å². The van der Waals surface area contributed by atoms with Crippen molar-refractivity contribution in [3.8, 4) is 0 Å². The van der Waals surface area contributed by atoms with Gasteiger partial charge < -0.3 is 10.2 Å². The first kappa shape index (κ1) is 12.1. The number of nitrogens with zero attached hydrogens (tertiary/aromatic N) is 3. The van der Waals surface area contributed by atoms with Crippen LogP contribution in [0.15, 0.2) is 42.7 Å². The normalized spacial score (nSPS) is 18.2. The van der Waals surface area contributed by atoms with E-state index in [9.17, 15) is 0 Å².